The molecule has 0 bridgehead atoms. The predicted molar refractivity (Wildman–Crippen MR) is 103 cm³/mol. The third-order valence-electron chi connectivity index (χ3n) is 3.77. The van der Waals surface area contributed by atoms with Gasteiger partial charge in [-0.15, -0.1) is 0 Å². The molecule has 0 saturated carbocycles. The van der Waals surface area contributed by atoms with E-state index >= 15 is 0 Å². The molecule has 0 aliphatic rings. The fourth-order valence-electron chi connectivity index (χ4n) is 2.46. The summed E-state index contributed by atoms with van der Waals surface area (Å²) in [6.07, 6.45) is -4.45. The van der Waals surface area contributed by atoms with E-state index in [2.05, 4.69) is 4.98 Å². The van der Waals surface area contributed by atoms with Crippen LogP contribution in [0.5, 0.6) is 0 Å². The maximum absolute atomic E-state index is 12.1. The van der Waals surface area contributed by atoms with Crippen LogP contribution in [0, 0.1) is 5.39 Å². The summed E-state index contributed by atoms with van der Waals surface area (Å²) >= 11 is 5.43. The number of rotatable bonds is 2. The van der Waals surface area contributed by atoms with E-state index in [1.807, 2.05) is 0 Å². The van der Waals surface area contributed by atoms with Gasteiger partial charge in [0.2, 0.25) is 5.39 Å². The summed E-state index contributed by atoms with van der Waals surface area (Å²) in [4.78, 5) is 1.65. The van der Waals surface area contributed by atoms with Crippen molar-refractivity contribution in [2.45, 2.75) is 16.0 Å². The van der Waals surface area contributed by atoms with Crippen LogP contribution in [-0.2, 0) is 26.4 Å². The Balaban J connectivity index is 0.000000233. The maximum atomic E-state index is 12.1. The number of benzene rings is 3. The second kappa shape index (κ2) is 8.77. The Hall–Kier alpha value is -2.76. The predicted octanol–water partition coefficient (Wildman–Crippen LogP) is 4.83. The average Bonchev–Trinajstić information content (AvgIpc) is 2.65. The van der Waals surface area contributed by atoms with Crippen molar-refractivity contribution in [3.8, 4) is 0 Å². The summed E-state index contributed by atoms with van der Waals surface area (Å²) in [6, 6.07) is 9.82. The van der Waals surface area contributed by atoms with E-state index in [9.17, 15) is 34.6 Å². The van der Waals surface area contributed by atoms with E-state index < -0.39 is 41.8 Å². The molecule has 0 aromatic heterocycles. The molecular weight excluding hydrogens is 485 g/mol. The minimum Gasteiger partial charge on any atom is -0.744 e. The van der Waals surface area contributed by atoms with Crippen molar-refractivity contribution in [2.24, 2.45) is 0 Å². The van der Waals surface area contributed by atoms with E-state index in [1.165, 1.54) is 24.3 Å². The summed E-state index contributed by atoms with van der Waals surface area (Å²) < 4.78 is 101. The van der Waals surface area contributed by atoms with Gasteiger partial charge in [-0.05, 0) is 24.3 Å². The zero-order valence-corrected chi connectivity index (χ0v) is 17.3. The van der Waals surface area contributed by atoms with Crippen LogP contribution in [-0.4, -0.2) is 25.9 Å². The van der Waals surface area contributed by atoms with Gasteiger partial charge in [-0.3, -0.25) is 4.55 Å². The molecule has 0 aliphatic carbocycles. The van der Waals surface area contributed by atoms with Gasteiger partial charge in [-0.25, -0.2) is 8.42 Å². The maximum Gasteiger partial charge on any atom is 0.416 e. The van der Waals surface area contributed by atoms with Crippen LogP contribution in [0.4, 0.5) is 18.9 Å². The van der Waals surface area contributed by atoms with E-state index in [-0.39, 0.29) is 21.5 Å². The molecule has 0 heterocycles. The van der Waals surface area contributed by atoms with Gasteiger partial charge in [0.15, 0.2) is 4.98 Å². The number of nitrogens with zero attached hydrogens (tertiary/aromatic N) is 2. The van der Waals surface area contributed by atoms with Crippen molar-refractivity contribution in [3.63, 3.8) is 0 Å². The topological polar surface area (TPSA) is 140 Å². The molecule has 3 aromatic rings. The fourth-order valence-corrected chi connectivity index (χ4v) is 4.02. The van der Waals surface area contributed by atoms with Crippen LogP contribution in [0.1, 0.15) is 5.56 Å². The molecule has 8 nitrogen and oxygen atoms in total. The number of alkyl halides is 3. The highest BCUT2D eigenvalue weighted by Crippen LogP contribution is 2.34. The SMILES string of the molecule is N#[N+]c1cc(C(F)(F)F)ccc1Cl.O=S(=O)([O-])c1cccc2c(S(=O)(=O)O)cccc12. The lowest BCUT2D eigenvalue weighted by atomic mass is 10.1. The second-order valence-electron chi connectivity index (χ2n) is 5.80. The highest BCUT2D eigenvalue weighted by atomic mass is 35.5. The van der Waals surface area contributed by atoms with Gasteiger partial charge in [0, 0.05) is 16.8 Å². The van der Waals surface area contributed by atoms with Gasteiger partial charge in [-0.2, -0.15) is 21.6 Å². The van der Waals surface area contributed by atoms with E-state index in [0.717, 1.165) is 24.3 Å². The quantitative estimate of drug-likeness (QED) is 0.397. The van der Waals surface area contributed by atoms with Crippen molar-refractivity contribution in [1.82, 2.24) is 0 Å². The van der Waals surface area contributed by atoms with E-state index in [0.29, 0.717) is 6.07 Å². The van der Waals surface area contributed by atoms with Crippen molar-refractivity contribution in [1.29, 1.82) is 5.39 Å². The lowest BCUT2D eigenvalue weighted by Gasteiger charge is -2.11. The molecule has 3 rings (SSSR count). The molecule has 0 radical (unpaired) electrons. The number of hydrogen-bond donors (Lipinski definition) is 1. The Morgan fingerprint density at radius 2 is 1.45 bits per heavy atom. The van der Waals surface area contributed by atoms with Crippen LogP contribution in [0.25, 0.3) is 15.7 Å². The molecule has 3 aromatic carbocycles. The van der Waals surface area contributed by atoms with Gasteiger partial charge >= 0.3 is 11.9 Å². The molecule has 1 N–H and O–H groups in total. The van der Waals surface area contributed by atoms with Crippen molar-refractivity contribution >= 4 is 48.3 Å². The van der Waals surface area contributed by atoms with Crippen LogP contribution in [0.15, 0.2) is 64.4 Å². The minimum absolute atomic E-state index is 0.0167. The highest BCUT2D eigenvalue weighted by Gasteiger charge is 2.33. The Labute approximate surface area is 179 Å². The zero-order chi connectivity index (χ0) is 23.6. The largest absolute Gasteiger partial charge is 0.744 e. The monoisotopic (exact) mass is 494 g/mol. The molecule has 0 amide bonds. The van der Waals surface area contributed by atoms with Crippen molar-refractivity contribution in [3.05, 3.63) is 70.2 Å². The van der Waals surface area contributed by atoms with Crippen molar-refractivity contribution < 1.29 is 39.1 Å². The number of hydrogen-bond acceptors (Lipinski definition) is 6. The molecule has 0 fully saturated rings. The molecule has 0 aliphatic heterocycles. The normalized spacial score (nSPS) is 12.0. The molecule has 0 spiro atoms. The number of fused-ring (bicyclic) bond motifs is 1. The minimum atomic E-state index is -4.72. The second-order valence-corrected chi connectivity index (χ2v) is 8.95. The Morgan fingerprint density at radius 1 is 0.935 bits per heavy atom. The first-order chi connectivity index (χ1) is 14.2. The van der Waals surface area contributed by atoms with Gasteiger partial charge in [0.25, 0.3) is 10.1 Å². The first-order valence-corrected chi connectivity index (χ1v) is 11.1. The average molecular weight is 495 g/mol. The van der Waals surface area contributed by atoms with Gasteiger partial charge in [0.05, 0.1) is 10.5 Å². The molecule has 164 valence electrons. The Kier molecular flexibility index (Phi) is 6.94. The van der Waals surface area contributed by atoms with Crippen molar-refractivity contribution in [2.75, 3.05) is 0 Å². The number of diazo groups is 1. The van der Waals surface area contributed by atoms with E-state index in [1.54, 1.807) is 0 Å². The molecule has 31 heavy (non-hydrogen) atoms. The first kappa shape index (κ1) is 24.5. The summed E-state index contributed by atoms with van der Waals surface area (Å²) in [5.74, 6) is 0. The zero-order valence-electron chi connectivity index (χ0n) is 14.9. The smallest absolute Gasteiger partial charge is 0.416 e. The van der Waals surface area contributed by atoms with Crippen LogP contribution >= 0.6 is 11.6 Å². The van der Waals surface area contributed by atoms with Gasteiger partial charge in [0.1, 0.15) is 20.0 Å². The molecular formula is C17H10ClF3N2O6S2. The number of halogens is 4. The Morgan fingerprint density at radius 3 is 1.90 bits per heavy atom. The van der Waals surface area contributed by atoms with Gasteiger partial charge < -0.3 is 4.55 Å². The molecule has 14 heteroatoms. The molecule has 0 saturated heterocycles. The summed E-state index contributed by atoms with van der Waals surface area (Å²) in [5.41, 5.74) is -1.19. The van der Waals surface area contributed by atoms with Gasteiger partial charge in [-0.1, -0.05) is 35.9 Å². The van der Waals surface area contributed by atoms with E-state index in [4.69, 9.17) is 21.5 Å². The molecule has 0 unspecified atom stereocenters. The summed E-state index contributed by atoms with van der Waals surface area (Å²) in [5, 5.41) is 8.19. The standard InChI is InChI=1S/C10H8O6S2.C7H3ClF3N2/c11-17(12,13)9-5-1-3-7-8(9)4-2-6-10(7)18(14,15)16;8-5-2-1-4(7(9,10)11)3-6(5)13-12/h1-6H,(H,11,12,13)(H,14,15,16);1-3H/q;+1/p-1. The Bertz CT molecular complexity index is 1330. The first-order valence-electron chi connectivity index (χ1n) is 7.83. The fraction of sp³-hybridized carbons (Fsp3) is 0.0588. The lowest BCUT2D eigenvalue weighted by Crippen LogP contribution is -2.03. The molecule has 0 atom stereocenters. The van der Waals surface area contributed by atoms with Crippen LogP contribution < -0.4 is 0 Å². The van der Waals surface area contributed by atoms with Crippen LogP contribution in [0.2, 0.25) is 5.02 Å². The summed E-state index contributed by atoms with van der Waals surface area (Å²) in [6.45, 7) is 0. The highest BCUT2D eigenvalue weighted by molar-refractivity contribution is 7.86. The third-order valence-corrected chi connectivity index (χ3v) is 5.90. The third kappa shape index (κ3) is 5.90. The summed E-state index contributed by atoms with van der Waals surface area (Å²) in [7, 11) is -9.21. The lowest BCUT2D eigenvalue weighted by molar-refractivity contribution is -0.137. The van der Waals surface area contributed by atoms with Crippen LogP contribution in [0.3, 0.4) is 0 Å².